The van der Waals surface area contributed by atoms with Gasteiger partial charge in [-0.05, 0) is 63.6 Å². The van der Waals surface area contributed by atoms with Crippen LogP contribution >= 0.6 is 46.4 Å². The second-order valence-electron chi connectivity index (χ2n) is 10.3. The molecule has 0 spiro atoms. The molecule has 1 N–H and O–H groups in total. The SMILES string of the molecule is CC[C@@H](C(=O)NC(C)(C)C)N(Cc1c(Cl)cccc1Cl)C(=O)CN(c1cccc(Cl)c1Cl)S(=O)(=O)c1ccccc1. The summed E-state index contributed by atoms with van der Waals surface area (Å²) in [6.45, 7) is 6.40. The summed E-state index contributed by atoms with van der Waals surface area (Å²) in [7, 11) is -4.30. The van der Waals surface area contributed by atoms with Crippen LogP contribution in [0, 0.1) is 0 Å². The fraction of sp³-hybridized carbons (Fsp3) is 0.310. The number of rotatable bonds is 10. The molecule has 0 radical (unpaired) electrons. The lowest BCUT2D eigenvalue weighted by atomic mass is 10.1. The van der Waals surface area contributed by atoms with Crippen LogP contribution in [0.5, 0.6) is 0 Å². The zero-order valence-electron chi connectivity index (χ0n) is 23.0. The van der Waals surface area contributed by atoms with Gasteiger partial charge in [-0.3, -0.25) is 13.9 Å². The fourth-order valence-electron chi connectivity index (χ4n) is 4.14. The standard InChI is InChI=1S/C29H31Cl4N3O4S/c1-5-24(28(38)34-29(2,3)4)35(17-20-21(30)13-9-14-22(20)31)26(37)18-36(25-16-10-15-23(32)27(25)33)41(39,40)19-11-7-6-8-12-19/h6-16,24H,5,17-18H2,1-4H3,(H,34,38)/t24-/m0/s1. The van der Waals surface area contributed by atoms with Crippen molar-refractivity contribution in [2.24, 2.45) is 0 Å². The molecule has 41 heavy (non-hydrogen) atoms. The van der Waals surface area contributed by atoms with Gasteiger partial charge in [0.15, 0.2) is 0 Å². The molecular formula is C29H31Cl4N3O4S. The van der Waals surface area contributed by atoms with Crippen LogP contribution in [0.1, 0.15) is 39.7 Å². The lowest BCUT2D eigenvalue weighted by molar-refractivity contribution is -0.141. The van der Waals surface area contributed by atoms with Crippen LogP contribution in [-0.4, -0.2) is 43.3 Å². The number of anilines is 1. The van der Waals surface area contributed by atoms with Gasteiger partial charge in [-0.25, -0.2) is 8.42 Å². The predicted octanol–water partition coefficient (Wildman–Crippen LogP) is 7.22. The highest BCUT2D eigenvalue weighted by Crippen LogP contribution is 2.36. The number of amides is 2. The van der Waals surface area contributed by atoms with E-state index in [4.69, 9.17) is 46.4 Å². The summed E-state index contributed by atoms with van der Waals surface area (Å²) in [6, 6.07) is 16.1. The molecule has 220 valence electrons. The molecule has 0 saturated heterocycles. The number of benzene rings is 3. The first-order valence-corrected chi connectivity index (χ1v) is 15.7. The Labute approximate surface area is 261 Å². The van der Waals surface area contributed by atoms with Crippen LogP contribution in [0.2, 0.25) is 20.1 Å². The second kappa shape index (κ2) is 13.7. The summed E-state index contributed by atoms with van der Waals surface area (Å²) in [4.78, 5) is 28.8. The van der Waals surface area contributed by atoms with E-state index in [-0.39, 0.29) is 33.6 Å². The van der Waals surface area contributed by atoms with Crippen LogP contribution in [0.3, 0.4) is 0 Å². The molecule has 7 nitrogen and oxygen atoms in total. The molecule has 0 aliphatic rings. The highest BCUT2D eigenvalue weighted by atomic mass is 35.5. The molecule has 0 unspecified atom stereocenters. The van der Waals surface area contributed by atoms with Gasteiger partial charge in [0, 0.05) is 27.7 Å². The lowest BCUT2D eigenvalue weighted by Gasteiger charge is -2.35. The monoisotopic (exact) mass is 657 g/mol. The lowest BCUT2D eigenvalue weighted by Crippen LogP contribution is -2.55. The Balaban J connectivity index is 2.15. The maximum atomic E-state index is 14.2. The van der Waals surface area contributed by atoms with E-state index < -0.39 is 40.0 Å². The van der Waals surface area contributed by atoms with Gasteiger partial charge < -0.3 is 10.2 Å². The number of hydrogen-bond donors (Lipinski definition) is 1. The minimum atomic E-state index is -4.30. The van der Waals surface area contributed by atoms with E-state index in [1.54, 1.807) is 43.3 Å². The van der Waals surface area contributed by atoms with Crippen molar-refractivity contribution in [3.8, 4) is 0 Å². The smallest absolute Gasteiger partial charge is 0.264 e. The number of sulfonamides is 1. The van der Waals surface area contributed by atoms with E-state index in [2.05, 4.69) is 5.32 Å². The molecule has 3 aromatic carbocycles. The topological polar surface area (TPSA) is 86.8 Å². The summed E-state index contributed by atoms with van der Waals surface area (Å²) in [6.07, 6.45) is 0.235. The molecule has 0 saturated carbocycles. The van der Waals surface area contributed by atoms with E-state index in [0.717, 1.165) is 4.31 Å². The number of halogens is 4. The first-order chi connectivity index (χ1) is 19.2. The second-order valence-corrected chi connectivity index (χ2v) is 13.7. The van der Waals surface area contributed by atoms with E-state index in [1.807, 2.05) is 20.8 Å². The third-order valence-corrected chi connectivity index (χ3v) is 9.38. The fourth-order valence-corrected chi connectivity index (χ4v) is 6.56. The summed E-state index contributed by atoms with van der Waals surface area (Å²) < 4.78 is 28.7. The average molecular weight is 659 g/mol. The molecule has 3 aromatic rings. The van der Waals surface area contributed by atoms with Crippen LogP contribution < -0.4 is 9.62 Å². The van der Waals surface area contributed by atoms with Crippen molar-refractivity contribution in [2.45, 2.75) is 57.1 Å². The van der Waals surface area contributed by atoms with Crippen molar-refractivity contribution in [1.29, 1.82) is 0 Å². The number of carbonyl (C=O) groups is 2. The average Bonchev–Trinajstić information content (AvgIpc) is 2.90. The van der Waals surface area contributed by atoms with Crippen molar-refractivity contribution in [3.63, 3.8) is 0 Å². The summed E-state index contributed by atoms with van der Waals surface area (Å²) in [5.41, 5.74) is -0.151. The van der Waals surface area contributed by atoms with Crippen molar-refractivity contribution in [2.75, 3.05) is 10.8 Å². The maximum Gasteiger partial charge on any atom is 0.264 e. The highest BCUT2D eigenvalue weighted by molar-refractivity contribution is 7.92. The van der Waals surface area contributed by atoms with Crippen LogP contribution in [0.15, 0.2) is 71.6 Å². The molecule has 0 aromatic heterocycles. The molecule has 1 atom stereocenters. The van der Waals surface area contributed by atoms with E-state index >= 15 is 0 Å². The maximum absolute atomic E-state index is 14.2. The normalized spacial score (nSPS) is 12.5. The molecule has 0 fully saturated rings. The molecular weight excluding hydrogens is 628 g/mol. The Morgan fingerprint density at radius 1 is 0.854 bits per heavy atom. The van der Waals surface area contributed by atoms with Crippen molar-refractivity contribution < 1.29 is 18.0 Å². The quantitative estimate of drug-likeness (QED) is 0.249. The minimum absolute atomic E-state index is 0.0132. The first kappa shape index (κ1) is 33.0. The molecule has 12 heteroatoms. The first-order valence-electron chi connectivity index (χ1n) is 12.7. The van der Waals surface area contributed by atoms with Crippen LogP contribution in [0.4, 0.5) is 5.69 Å². The van der Waals surface area contributed by atoms with Gasteiger partial charge in [-0.2, -0.15) is 0 Å². The Morgan fingerprint density at radius 2 is 1.41 bits per heavy atom. The summed E-state index contributed by atoms with van der Waals surface area (Å²) >= 11 is 25.6. The Hall–Kier alpha value is -2.49. The highest BCUT2D eigenvalue weighted by Gasteiger charge is 2.36. The molecule has 0 aliphatic carbocycles. The number of nitrogens with zero attached hydrogens (tertiary/aromatic N) is 2. The third-order valence-electron chi connectivity index (χ3n) is 6.08. The molecule has 0 bridgehead atoms. The van der Waals surface area contributed by atoms with E-state index in [9.17, 15) is 18.0 Å². The summed E-state index contributed by atoms with van der Waals surface area (Å²) in [5, 5.41) is 3.58. The van der Waals surface area contributed by atoms with Crippen molar-refractivity contribution in [1.82, 2.24) is 10.2 Å². The Bertz CT molecular complexity index is 1490. The van der Waals surface area contributed by atoms with Gasteiger partial charge in [-0.15, -0.1) is 0 Å². The van der Waals surface area contributed by atoms with E-state index in [0.29, 0.717) is 15.6 Å². The van der Waals surface area contributed by atoms with Crippen LogP contribution in [0.25, 0.3) is 0 Å². The third kappa shape index (κ3) is 8.08. The van der Waals surface area contributed by atoms with Gasteiger partial charge in [0.2, 0.25) is 11.8 Å². The Morgan fingerprint density at radius 3 is 1.98 bits per heavy atom. The number of carbonyl (C=O) groups excluding carboxylic acids is 2. The molecule has 0 aliphatic heterocycles. The van der Waals surface area contributed by atoms with Crippen LogP contribution in [-0.2, 0) is 26.2 Å². The van der Waals surface area contributed by atoms with Gasteiger partial charge in [-0.1, -0.05) is 83.7 Å². The molecule has 2 amide bonds. The van der Waals surface area contributed by atoms with Gasteiger partial charge >= 0.3 is 0 Å². The molecule has 3 rings (SSSR count). The zero-order chi connectivity index (χ0) is 30.5. The largest absolute Gasteiger partial charge is 0.350 e. The predicted molar refractivity (Wildman–Crippen MR) is 166 cm³/mol. The van der Waals surface area contributed by atoms with Gasteiger partial charge in [0.25, 0.3) is 10.0 Å². The van der Waals surface area contributed by atoms with E-state index in [1.165, 1.54) is 35.2 Å². The van der Waals surface area contributed by atoms with Gasteiger partial charge in [0.1, 0.15) is 12.6 Å². The molecule has 0 heterocycles. The number of nitrogens with one attached hydrogen (secondary N) is 1. The minimum Gasteiger partial charge on any atom is -0.350 e. The zero-order valence-corrected chi connectivity index (χ0v) is 26.8. The summed E-state index contributed by atoms with van der Waals surface area (Å²) in [5.74, 6) is -1.08. The van der Waals surface area contributed by atoms with Crippen molar-refractivity contribution >= 4 is 73.9 Å². The Kier molecular flexibility index (Phi) is 11.0. The van der Waals surface area contributed by atoms with Gasteiger partial charge in [0.05, 0.1) is 20.6 Å². The number of hydrogen-bond acceptors (Lipinski definition) is 4. The van der Waals surface area contributed by atoms with Crippen molar-refractivity contribution in [3.05, 3.63) is 92.4 Å².